The van der Waals surface area contributed by atoms with Gasteiger partial charge in [0, 0.05) is 5.92 Å². The zero-order chi connectivity index (χ0) is 11.7. The van der Waals surface area contributed by atoms with Crippen LogP contribution in [0, 0.1) is 0 Å². The molecule has 0 aliphatic heterocycles. The van der Waals surface area contributed by atoms with Crippen molar-refractivity contribution < 1.29 is 5.11 Å². The molecule has 3 heteroatoms. The van der Waals surface area contributed by atoms with Crippen LogP contribution in [0.15, 0.2) is 30.5 Å². The van der Waals surface area contributed by atoms with E-state index in [0.717, 1.165) is 17.9 Å². The molecule has 0 amide bonds. The zero-order valence-corrected chi connectivity index (χ0v) is 9.69. The van der Waals surface area contributed by atoms with Gasteiger partial charge in [-0.25, -0.2) is 4.98 Å². The first-order valence-corrected chi connectivity index (χ1v) is 6.11. The second-order valence-electron chi connectivity index (χ2n) is 4.60. The van der Waals surface area contributed by atoms with E-state index in [1.165, 1.54) is 24.0 Å². The molecule has 2 aromatic rings. The fourth-order valence-corrected chi connectivity index (χ4v) is 2.67. The van der Waals surface area contributed by atoms with Crippen molar-refractivity contribution >= 4 is 0 Å². The lowest BCUT2D eigenvalue weighted by atomic mass is 9.82. The smallest absolute Gasteiger partial charge is 0.113 e. The van der Waals surface area contributed by atoms with Crippen LogP contribution in [0.4, 0.5) is 0 Å². The third kappa shape index (κ3) is 1.87. The second kappa shape index (κ2) is 4.34. The van der Waals surface area contributed by atoms with Crippen LogP contribution in [0.2, 0.25) is 0 Å². The first-order chi connectivity index (χ1) is 8.38. The van der Waals surface area contributed by atoms with Gasteiger partial charge in [-0.1, -0.05) is 24.3 Å². The van der Waals surface area contributed by atoms with Gasteiger partial charge in [0.15, 0.2) is 0 Å². The van der Waals surface area contributed by atoms with E-state index in [0.29, 0.717) is 5.92 Å². The highest BCUT2D eigenvalue weighted by atomic mass is 16.3. The lowest BCUT2D eigenvalue weighted by Gasteiger charge is -2.23. The molecule has 0 saturated carbocycles. The molecular weight excluding hydrogens is 212 g/mol. The molecule has 2 N–H and O–H groups in total. The van der Waals surface area contributed by atoms with Crippen molar-refractivity contribution in [2.24, 2.45) is 0 Å². The Balaban J connectivity index is 1.99. The molecule has 0 saturated heterocycles. The van der Waals surface area contributed by atoms with E-state index in [-0.39, 0.29) is 6.61 Å². The number of hydrogen-bond acceptors (Lipinski definition) is 2. The van der Waals surface area contributed by atoms with Gasteiger partial charge in [0.05, 0.1) is 18.5 Å². The Morgan fingerprint density at radius 1 is 1.35 bits per heavy atom. The fourth-order valence-electron chi connectivity index (χ4n) is 2.67. The zero-order valence-electron chi connectivity index (χ0n) is 9.69. The Morgan fingerprint density at radius 3 is 3.06 bits per heavy atom. The van der Waals surface area contributed by atoms with Gasteiger partial charge >= 0.3 is 0 Å². The standard InChI is InChI=1S/C14H16N2O/c17-9-11-8-15-14(16-11)13-7-3-5-10-4-1-2-6-12(10)13/h1-2,4,6,8,13,17H,3,5,7,9H2,(H,15,16). The molecule has 3 rings (SSSR count). The maximum atomic E-state index is 9.07. The van der Waals surface area contributed by atoms with Gasteiger partial charge in [-0.2, -0.15) is 0 Å². The van der Waals surface area contributed by atoms with Gasteiger partial charge in [-0.3, -0.25) is 0 Å². The lowest BCUT2D eigenvalue weighted by molar-refractivity contribution is 0.277. The normalized spacial score (nSPS) is 19.0. The number of benzene rings is 1. The molecule has 1 atom stereocenters. The SMILES string of the molecule is OCc1cnc(C2CCCc3ccccc32)[nH]1. The third-order valence-corrected chi connectivity index (χ3v) is 3.52. The molecule has 17 heavy (non-hydrogen) atoms. The molecule has 1 unspecified atom stereocenters. The lowest BCUT2D eigenvalue weighted by Crippen LogP contribution is -2.12. The van der Waals surface area contributed by atoms with Crippen LogP contribution in [-0.4, -0.2) is 15.1 Å². The number of fused-ring (bicyclic) bond motifs is 1. The van der Waals surface area contributed by atoms with Crippen molar-refractivity contribution in [2.45, 2.75) is 31.8 Å². The van der Waals surface area contributed by atoms with Crippen LogP contribution in [0.5, 0.6) is 0 Å². The molecule has 1 aromatic heterocycles. The molecule has 1 heterocycles. The monoisotopic (exact) mass is 228 g/mol. The highest BCUT2D eigenvalue weighted by molar-refractivity contribution is 5.36. The quantitative estimate of drug-likeness (QED) is 0.829. The summed E-state index contributed by atoms with van der Waals surface area (Å²) in [7, 11) is 0. The van der Waals surface area contributed by atoms with Crippen molar-refractivity contribution in [3.05, 3.63) is 53.1 Å². The molecule has 0 spiro atoms. The van der Waals surface area contributed by atoms with Crippen molar-refractivity contribution in [3.63, 3.8) is 0 Å². The van der Waals surface area contributed by atoms with Gasteiger partial charge in [0.2, 0.25) is 0 Å². The number of aliphatic hydroxyl groups is 1. The predicted molar refractivity (Wildman–Crippen MR) is 65.7 cm³/mol. The third-order valence-electron chi connectivity index (χ3n) is 3.52. The summed E-state index contributed by atoms with van der Waals surface area (Å²) in [6.45, 7) is 0.0291. The number of aryl methyl sites for hydroxylation is 1. The molecule has 1 aliphatic carbocycles. The topological polar surface area (TPSA) is 48.9 Å². The number of H-pyrrole nitrogens is 1. The molecule has 0 bridgehead atoms. The summed E-state index contributed by atoms with van der Waals surface area (Å²) >= 11 is 0. The predicted octanol–water partition coefficient (Wildman–Crippen LogP) is 2.37. The number of aromatic nitrogens is 2. The summed E-state index contributed by atoms with van der Waals surface area (Å²) in [6.07, 6.45) is 5.24. The number of nitrogens with zero attached hydrogens (tertiary/aromatic N) is 1. The first-order valence-electron chi connectivity index (χ1n) is 6.11. The van der Waals surface area contributed by atoms with Gasteiger partial charge in [0.1, 0.15) is 5.82 Å². The largest absolute Gasteiger partial charge is 0.390 e. The fraction of sp³-hybridized carbons (Fsp3) is 0.357. The Bertz CT molecular complexity index is 518. The van der Waals surface area contributed by atoms with Gasteiger partial charge < -0.3 is 10.1 Å². The average Bonchev–Trinajstić information content (AvgIpc) is 2.87. The Kier molecular flexibility index (Phi) is 2.69. The van der Waals surface area contributed by atoms with Crippen LogP contribution in [0.25, 0.3) is 0 Å². The van der Waals surface area contributed by atoms with E-state index in [1.54, 1.807) is 6.20 Å². The number of aliphatic hydroxyl groups excluding tert-OH is 1. The van der Waals surface area contributed by atoms with Crippen molar-refractivity contribution in [1.29, 1.82) is 0 Å². The summed E-state index contributed by atoms with van der Waals surface area (Å²) in [5.74, 6) is 1.35. The van der Waals surface area contributed by atoms with E-state index in [4.69, 9.17) is 5.11 Å². The molecular formula is C14H16N2O. The van der Waals surface area contributed by atoms with Crippen molar-refractivity contribution in [3.8, 4) is 0 Å². The molecule has 0 radical (unpaired) electrons. The van der Waals surface area contributed by atoms with Crippen molar-refractivity contribution in [2.75, 3.05) is 0 Å². The number of nitrogens with one attached hydrogen (secondary N) is 1. The maximum Gasteiger partial charge on any atom is 0.113 e. The van der Waals surface area contributed by atoms with Gasteiger partial charge in [0.25, 0.3) is 0 Å². The summed E-state index contributed by atoms with van der Waals surface area (Å²) in [4.78, 5) is 7.61. The highest BCUT2D eigenvalue weighted by Gasteiger charge is 2.23. The van der Waals surface area contributed by atoms with Gasteiger partial charge in [-0.15, -0.1) is 0 Å². The Hall–Kier alpha value is -1.61. The van der Waals surface area contributed by atoms with Crippen LogP contribution >= 0.6 is 0 Å². The van der Waals surface area contributed by atoms with E-state index in [2.05, 4.69) is 34.2 Å². The summed E-state index contributed by atoms with van der Waals surface area (Å²) in [5, 5.41) is 9.07. The van der Waals surface area contributed by atoms with Crippen LogP contribution < -0.4 is 0 Å². The van der Waals surface area contributed by atoms with Gasteiger partial charge in [-0.05, 0) is 30.4 Å². The highest BCUT2D eigenvalue weighted by Crippen LogP contribution is 2.34. The molecule has 1 aliphatic rings. The van der Waals surface area contributed by atoms with Crippen LogP contribution in [-0.2, 0) is 13.0 Å². The van der Waals surface area contributed by atoms with E-state index in [1.807, 2.05) is 0 Å². The minimum absolute atomic E-state index is 0.0291. The Morgan fingerprint density at radius 2 is 2.24 bits per heavy atom. The van der Waals surface area contributed by atoms with E-state index in [9.17, 15) is 0 Å². The van der Waals surface area contributed by atoms with Crippen LogP contribution in [0.1, 0.15) is 41.4 Å². The second-order valence-corrected chi connectivity index (χ2v) is 4.60. The minimum atomic E-state index is 0.0291. The molecule has 1 aromatic carbocycles. The van der Waals surface area contributed by atoms with E-state index >= 15 is 0 Å². The Labute approximate surface area is 101 Å². The van der Waals surface area contributed by atoms with Crippen molar-refractivity contribution in [1.82, 2.24) is 9.97 Å². The number of hydrogen-bond donors (Lipinski definition) is 2. The molecule has 0 fully saturated rings. The summed E-state index contributed by atoms with van der Waals surface area (Å²) in [6, 6.07) is 8.59. The summed E-state index contributed by atoms with van der Waals surface area (Å²) < 4.78 is 0. The summed E-state index contributed by atoms with van der Waals surface area (Å²) in [5.41, 5.74) is 3.62. The van der Waals surface area contributed by atoms with E-state index < -0.39 is 0 Å². The average molecular weight is 228 g/mol. The minimum Gasteiger partial charge on any atom is -0.390 e. The molecule has 3 nitrogen and oxygen atoms in total. The number of imidazole rings is 1. The number of aromatic amines is 1. The number of rotatable bonds is 2. The first kappa shape index (κ1) is 10.5. The molecule has 88 valence electrons. The van der Waals surface area contributed by atoms with Crippen LogP contribution in [0.3, 0.4) is 0 Å². The maximum absolute atomic E-state index is 9.07.